The number of hydrogen-bond acceptors (Lipinski definition) is 5. The molecule has 0 saturated heterocycles. The van der Waals surface area contributed by atoms with E-state index in [9.17, 15) is 14.4 Å². The van der Waals surface area contributed by atoms with E-state index in [4.69, 9.17) is 9.47 Å². The van der Waals surface area contributed by atoms with Crippen LogP contribution in [0.3, 0.4) is 0 Å². The van der Waals surface area contributed by atoms with Gasteiger partial charge in [0.05, 0.1) is 18.8 Å². The fourth-order valence-corrected chi connectivity index (χ4v) is 2.15. The van der Waals surface area contributed by atoms with Crippen LogP contribution in [0.2, 0.25) is 0 Å². The highest BCUT2D eigenvalue weighted by Gasteiger charge is 2.24. The molecule has 0 heterocycles. The van der Waals surface area contributed by atoms with E-state index in [2.05, 4.69) is 6.92 Å². The summed E-state index contributed by atoms with van der Waals surface area (Å²) in [5.74, 6) is -2.33. The van der Waals surface area contributed by atoms with Crippen molar-refractivity contribution < 1.29 is 23.9 Å². The molecule has 0 aromatic heterocycles. The molecule has 5 nitrogen and oxygen atoms in total. The van der Waals surface area contributed by atoms with Gasteiger partial charge in [0, 0.05) is 5.56 Å². The standard InChI is InChI=1S/C19H26O5/c1-3-5-9-13-23-18(21)16-12-8-7-11-15(16)17(20)19(22)24-14-10-6-4-2/h7-8,11-12H,3-6,9-10,13-14H2,1-2H3. The third-order valence-electron chi connectivity index (χ3n) is 3.54. The Balaban J connectivity index is 2.68. The molecule has 0 N–H and O–H groups in total. The van der Waals surface area contributed by atoms with E-state index in [1.165, 1.54) is 12.1 Å². The second-order valence-corrected chi connectivity index (χ2v) is 5.56. The Hall–Kier alpha value is -2.17. The molecule has 24 heavy (non-hydrogen) atoms. The average molecular weight is 334 g/mol. The lowest BCUT2D eigenvalue weighted by molar-refractivity contribution is -0.138. The van der Waals surface area contributed by atoms with Crippen molar-refractivity contribution in [2.45, 2.75) is 52.4 Å². The van der Waals surface area contributed by atoms with Gasteiger partial charge in [-0.2, -0.15) is 0 Å². The number of hydrogen-bond donors (Lipinski definition) is 0. The normalized spacial score (nSPS) is 10.2. The number of carbonyl (C=O) groups is 3. The van der Waals surface area contributed by atoms with E-state index < -0.39 is 17.7 Å². The molecule has 1 rings (SSSR count). The summed E-state index contributed by atoms with van der Waals surface area (Å²) in [7, 11) is 0. The zero-order chi connectivity index (χ0) is 17.8. The summed E-state index contributed by atoms with van der Waals surface area (Å²) in [6.45, 7) is 4.61. The molecule has 0 aliphatic heterocycles. The number of esters is 2. The Labute approximate surface area is 143 Å². The number of Topliss-reactive ketones (excluding diaryl/α,β-unsaturated/α-hetero) is 1. The number of rotatable bonds is 11. The molecule has 0 aliphatic rings. The van der Waals surface area contributed by atoms with Gasteiger partial charge in [-0.15, -0.1) is 0 Å². The van der Waals surface area contributed by atoms with Gasteiger partial charge in [-0.1, -0.05) is 51.7 Å². The maximum atomic E-state index is 12.2. The van der Waals surface area contributed by atoms with Gasteiger partial charge < -0.3 is 9.47 Å². The smallest absolute Gasteiger partial charge is 0.379 e. The predicted octanol–water partition coefficient (Wildman–Crippen LogP) is 3.95. The van der Waals surface area contributed by atoms with E-state index in [0.717, 1.165) is 38.5 Å². The minimum absolute atomic E-state index is 0.0264. The lowest BCUT2D eigenvalue weighted by Gasteiger charge is -2.09. The third-order valence-corrected chi connectivity index (χ3v) is 3.54. The van der Waals surface area contributed by atoms with Crippen LogP contribution in [-0.4, -0.2) is 30.9 Å². The molecule has 0 unspecified atom stereocenters. The average Bonchev–Trinajstić information content (AvgIpc) is 2.61. The van der Waals surface area contributed by atoms with E-state index in [1.54, 1.807) is 12.1 Å². The topological polar surface area (TPSA) is 69.7 Å². The van der Waals surface area contributed by atoms with Gasteiger partial charge in [0.2, 0.25) is 0 Å². The van der Waals surface area contributed by atoms with Crippen molar-refractivity contribution in [2.75, 3.05) is 13.2 Å². The fourth-order valence-electron chi connectivity index (χ4n) is 2.15. The van der Waals surface area contributed by atoms with E-state index >= 15 is 0 Å². The second-order valence-electron chi connectivity index (χ2n) is 5.56. The highest BCUT2D eigenvalue weighted by atomic mass is 16.5. The lowest BCUT2D eigenvalue weighted by Crippen LogP contribution is -2.21. The molecule has 0 saturated carbocycles. The highest BCUT2D eigenvalue weighted by Crippen LogP contribution is 2.13. The number of ether oxygens (including phenoxy) is 2. The zero-order valence-electron chi connectivity index (χ0n) is 14.5. The fraction of sp³-hybridized carbons (Fsp3) is 0.526. The van der Waals surface area contributed by atoms with E-state index in [0.29, 0.717) is 6.61 Å². The van der Waals surface area contributed by atoms with Crippen molar-refractivity contribution in [1.29, 1.82) is 0 Å². The van der Waals surface area contributed by atoms with Gasteiger partial charge in [-0.25, -0.2) is 9.59 Å². The maximum absolute atomic E-state index is 12.2. The first-order valence-corrected chi connectivity index (χ1v) is 8.59. The molecule has 0 amide bonds. The predicted molar refractivity (Wildman–Crippen MR) is 91.1 cm³/mol. The van der Waals surface area contributed by atoms with E-state index in [-0.39, 0.29) is 17.7 Å². The zero-order valence-corrected chi connectivity index (χ0v) is 14.5. The van der Waals surface area contributed by atoms with Gasteiger partial charge in [0.25, 0.3) is 5.78 Å². The maximum Gasteiger partial charge on any atom is 0.379 e. The molecule has 0 bridgehead atoms. The van der Waals surface area contributed by atoms with Crippen LogP contribution < -0.4 is 0 Å². The minimum Gasteiger partial charge on any atom is -0.462 e. The van der Waals surface area contributed by atoms with Gasteiger partial charge in [0.1, 0.15) is 0 Å². The van der Waals surface area contributed by atoms with Crippen LogP contribution in [0.15, 0.2) is 24.3 Å². The van der Waals surface area contributed by atoms with Crippen molar-refractivity contribution in [2.24, 2.45) is 0 Å². The van der Waals surface area contributed by atoms with Gasteiger partial charge in [-0.05, 0) is 25.0 Å². The van der Waals surface area contributed by atoms with Crippen molar-refractivity contribution in [1.82, 2.24) is 0 Å². The van der Waals surface area contributed by atoms with Crippen LogP contribution in [0, 0.1) is 0 Å². The summed E-state index contributed by atoms with van der Waals surface area (Å²) in [6, 6.07) is 6.16. The van der Waals surface area contributed by atoms with Crippen molar-refractivity contribution in [3.8, 4) is 0 Å². The molecule has 5 heteroatoms. The Morgan fingerprint density at radius 3 is 1.92 bits per heavy atom. The SMILES string of the molecule is CCCCCOC(=O)C(=O)c1ccccc1C(=O)OCCCCC. The van der Waals surface area contributed by atoms with Crippen LogP contribution in [0.5, 0.6) is 0 Å². The monoisotopic (exact) mass is 334 g/mol. The second kappa shape index (κ2) is 11.4. The van der Waals surface area contributed by atoms with Crippen LogP contribution in [0.4, 0.5) is 0 Å². The van der Waals surface area contributed by atoms with Gasteiger partial charge >= 0.3 is 11.9 Å². The van der Waals surface area contributed by atoms with Gasteiger partial charge in [-0.3, -0.25) is 4.79 Å². The van der Waals surface area contributed by atoms with E-state index in [1.807, 2.05) is 6.92 Å². The van der Waals surface area contributed by atoms with Crippen LogP contribution in [0.25, 0.3) is 0 Å². The summed E-state index contributed by atoms with van der Waals surface area (Å²) in [5.41, 5.74) is 0.128. The number of unbranched alkanes of at least 4 members (excludes halogenated alkanes) is 4. The lowest BCUT2D eigenvalue weighted by atomic mass is 10.0. The Bertz CT molecular complexity index is 550. The Morgan fingerprint density at radius 1 is 0.792 bits per heavy atom. The Morgan fingerprint density at radius 2 is 1.33 bits per heavy atom. The van der Waals surface area contributed by atoms with Crippen molar-refractivity contribution in [3.05, 3.63) is 35.4 Å². The van der Waals surface area contributed by atoms with Crippen LogP contribution >= 0.6 is 0 Å². The van der Waals surface area contributed by atoms with Gasteiger partial charge in [0.15, 0.2) is 0 Å². The third kappa shape index (κ3) is 6.52. The molecule has 0 aliphatic carbocycles. The first-order chi connectivity index (χ1) is 11.6. The molecule has 132 valence electrons. The molecular formula is C19H26O5. The molecular weight excluding hydrogens is 308 g/mol. The Kier molecular flexibility index (Phi) is 9.42. The molecule has 1 aromatic carbocycles. The van der Waals surface area contributed by atoms with Crippen LogP contribution in [-0.2, 0) is 14.3 Å². The molecule has 0 fully saturated rings. The summed E-state index contributed by atoms with van der Waals surface area (Å²) in [4.78, 5) is 36.2. The number of ketones is 1. The summed E-state index contributed by atoms with van der Waals surface area (Å²) < 4.78 is 10.1. The van der Waals surface area contributed by atoms with Crippen molar-refractivity contribution in [3.63, 3.8) is 0 Å². The van der Waals surface area contributed by atoms with Crippen LogP contribution in [0.1, 0.15) is 73.1 Å². The minimum atomic E-state index is -0.933. The molecule has 0 spiro atoms. The number of benzene rings is 1. The molecule has 0 atom stereocenters. The quantitative estimate of drug-likeness (QED) is 0.265. The molecule has 0 radical (unpaired) electrons. The number of carbonyl (C=O) groups excluding carboxylic acids is 3. The summed E-state index contributed by atoms with van der Waals surface area (Å²) in [5, 5.41) is 0. The van der Waals surface area contributed by atoms with Crippen molar-refractivity contribution >= 4 is 17.7 Å². The summed E-state index contributed by atoms with van der Waals surface area (Å²) >= 11 is 0. The summed E-state index contributed by atoms with van der Waals surface area (Å²) in [6.07, 6.45) is 5.42. The first-order valence-electron chi connectivity index (χ1n) is 8.59. The largest absolute Gasteiger partial charge is 0.462 e. The highest BCUT2D eigenvalue weighted by molar-refractivity contribution is 6.41. The first kappa shape index (κ1) is 19.9. The molecule has 1 aromatic rings.